The zero-order valence-corrected chi connectivity index (χ0v) is 12.9. The van der Waals surface area contributed by atoms with E-state index in [0.717, 1.165) is 11.8 Å². The Kier molecular flexibility index (Phi) is 4.71. The van der Waals surface area contributed by atoms with Crippen LogP contribution in [-0.2, 0) is 6.61 Å². The Labute approximate surface area is 126 Å². The molecule has 0 unspecified atom stereocenters. The Balaban J connectivity index is 2.21. The van der Waals surface area contributed by atoms with E-state index in [2.05, 4.69) is 31.9 Å². The van der Waals surface area contributed by atoms with Crippen LogP contribution in [0.25, 0.3) is 0 Å². The number of ether oxygens (including phenoxy) is 1. The first-order valence-corrected chi connectivity index (χ1v) is 7.01. The Hall–Kier alpha value is -1.20. The van der Waals surface area contributed by atoms with Crippen LogP contribution in [0.1, 0.15) is 15.9 Å². The van der Waals surface area contributed by atoms with Crippen LogP contribution in [0.15, 0.2) is 45.3 Å². The van der Waals surface area contributed by atoms with E-state index in [0.29, 0.717) is 20.3 Å². The summed E-state index contributed by atoms with van der Waals surface area (Å²) in [6, 6.07) is 9.60. The standard InChI is InChI=1S/C14H9Br2FO2/c15-12-3-1-2-9(7-18)14(12)19-8-10-4-5-11(17)6-13(10)16/h1-7H,8H2. The highest BCUT2D eigenvalue weighted by Crippen LogP contribution is 2.29. The molecule has 2 rings (SSSR count). The van der Waals surface area contributed by atoms with Gasteiger partial charge >= 0.3 is 0 Å². The summed E-state index contributed by atoms with van der Waals surface area (Å²) in [5.74, 6) is 0.166. The van der Waals surface area contributed by atoms with Crippen molar-refractivity contribution in [2.45, 2.75) is 6.61 Å². The molecule has 2 aromatic carbocycles. The number of rotatable bonds is 4. The fourth-order valence-corrected chi connectivity index (χ4v) is 2.52. The first-order chi connectivity index (χ1) is 9.11. The van der Waals surface area contributed by atoms with Gasteiger partial charge in [0.1, 0.15) is 18.2 Å². The van der Waals surface area contributed by atoms with E-state index in [1.807, 2.05) is 0 Å². The van der Waals surface area contributed by atoms with E-state index >= 15 is 0 Å². The van der Waals surface area contributed by atoms with Gasteiger partial charge in [0.05, 0.1) is 10.0 Å². The number of halogens is 3. The molecule has 0 aliphatic heterocycles. The summed E-state index contributed by atoms with van der Waals surface area (Å²) in [5, 5.41) is 0. The number of hydrogen-bond donors (Lipinski definition) is 0. The first kappa shape index (κ1) is 14.2. The Morgan fingerprint density at radius 1 is 1.16 bits per heavy atom. The van der Waals surface area contributed by atoms with Crippen molar-refractivity contribution in [3.05, 3.63) is 62.3 Å². The minimum absolute atomic E-state index is 0.240. The molecule has 0 aliphatic rings. The van der Waals surface area contributed by atoms with Gasteiger partial charge in [0, 0.05) is 10.0 Å². The second-order valence-electron chi connectivity index (χ2n) is 3.80. The van der Waals surface area contributed by atoms with Gasteiger partial charge in [0.25, 0.3) is 0 Å². The maximum absolute atomic E-state index is 13.0. The van der Waals surface area contributed by atoms with Gasteiger partial charge in [-0.05, 0) is 40.2 Å². The fourth-order valence-electron chi connectivity index (χ4n) is 1.56. The lowest BCUT2D eigenvalue weighted by molar-refractivity contribution is 0.111. The molecule has 0 aliphatic carbocycles. The summed E-state index contributed by atoms with van der Waals surface area (Å²) >= 11 is 6.61. The molecule has 2 aromatic rings. The van der Waals surface area contributed by atoms with E-state index < -0.39 is 0 Å². The first-order valence-electron chi connectivity index (χ1n) is 5.42. The van der Waals surface area contributed by atoms with E-state index in [9.17, 15) is 9.18 Å². The van der Waals surface area contributed by atoms with E-state index in [4.69, 9.17) is 4.74 Å². The van der Waals surface area contributed by atoms with Gasteiger partial charge in [-0.3, -0.25) is 4.79 Å². The molecule has 0 aromatic heterocycles. The Morgan fingerprint density at radius 2 is 1.95 bits per heavy atom. The summed E-state index contributed by atoms with van der Waals surface area (Å²) in [5.41, 5.74) is 1.27. The third-order valence-electron chi connectivity index (χ3n) is 2.51. The zero-order chi connectivity index (χ0) is 13.8. The van der Waals surface area contributed by atoms with Gasteiger partial charge in [-0.2, -0.15) is 0 Å². The van der Waals surface area contributed by atoms with E-state index in [1.54, 1.807) is 24.3 Å². The molecular weight excluding hydrogens is 379 g/mol. The van der Waals surface area contributed by atoms with Crippen molar-refractivity contribution in [3.8, 4) is 5.75 Å². The fraction of sp³-hybridized carbons (Fsp3) is 0.0714. The molecule has 0 saturated carbocycles. The highest BCUT2D eigenvalue weighted by Gasteiger charge is 2.09. The molecule has 5 heteroatoms. The van der Waals surface area contributed by atoms with Crippen molar-refractivity contribution in [1.29, 1.82) is 0 Å². The molecule has 0 fully saturated rings. The smallest absolute Gasteiger partial charge is 0.153 e. The second-order valence-corrected chi connectivity index (χ2v) is 5.51. The molecule has 0 radical (unpaired) electrons. The monoisotopic (exact) mass is 386 g/mol. The second kappa shape index (κ2) is 6.30. The Morgan fingerprint density at radius 3 is 2.63 bits per heavy atom. The molecule has 0 spiro atoms. The normalized spacial score (nSPS) is 10.3. The summed E-state index contributed by atoms with van der Waals surface area (Å²) < 4.78 is 19.9. The molecule has 0 saturated heterocycles. The van der Waals surface area contributed by atoms with Gasteiger partial charge in [-0.15, -0.1) is 0 Å². The van der Waals surface area contributed by atoms with Crippen molar-refractivity contribution < 1.29 is 13.9 Å². The van der Waals surface area contributed by atoms with Crippen molar-refractivity contribution >= 4 is 38.1 Å². The van der Waals surface area contributed by atoms with Crippen LogP contribution in [0.4, 0.5) is 4.39 Å². The third-order valence-corrected chi connectivity index (χ3v) is 3.87. The van der Waals surface area contributed by atoms with Gasteiger partial charge in [-0.25, -0.2) is 4.39 Å². The molecule has 0 amide bonds. The van der Waals surface area contributed by atoms with Crippen LogP contribution in [0.5, 0.6) is 5.75 Å². The lowest BCUT2D eigenvalue weighted by Crippen LogP contribution is -2.00. The molecule has 19 heavy (non-hydrogen) atoms. The van der Waals surface area contributed by atoms with Crippen molar-refractivity contribution in [3.63, 3.8) is 0 Å². The molecule has 0 heterocycles. The topological polar surface area (TPSA) is 26.3 Å². The Bertz CT molecular complexity index is 614. The highest BCUT2D eigenvalue weighted by molar-refractivity contribution is 9.10. The van der Waals surface area contributed by atoms with Crippen LogP contribution >= 0.6 is 31.9 Å². The van der Waals surface area contributed by atoms with Gasteiger partial charge in [0.15, 0.2) is 6.29 Å². The minimum Gasteiger partial charge on any atom is -0.487 e. The quantitative estimate of drug-likeness (QED) is 0.708. The van der Waals surface area contributed by atoms with Crippen LogP contribution in [-0.4, -0.2) is 6.29 Å². The summed E-state index contributed by atoms with van der Waals surface area (Å²) in [4.78, 5) is 10.9. The number of carbonyl (C=O) groups excluding carboxylic acids is 1. The number of hydrogen-bond acceptors (Lipinski definition) is 2. The minimum atomic E-state index is -0.315. The highest BCUT2D eigenvalue weighted by atomic mass is 79.9. The molecule has 0 atom stereocenters. The van der Waals surface area contributed by atoms with Crippen molar-refractivity contribution in [2.75, 3.05) is 0 Å². The summed E-state index contributed by atoms with van der Waals surface area (Å²) in [6.07, 6.45) is 0.736. The lowest BCUT2D eigenvalue weighted by Gasteiger charge is -2.11. The molecular formula is C14H9Br2FO2. The van der Waals surface area contributed by atoms with Crippen molar-refractivity contribution in [2.24, 2.45) is 0 Å². The van der Waals surface area contributed by atoms with Gasteiger partial charge in [-0.1, -0.05) is 28.1 Å². The van der Waals surface area contributed by atoms with Gasteiger partial charge < -0.3 is 4.74 Å². The zero-order valence-electron chi connectivity index (χ0n) is 9.70. The predicted molar refractivity (Wildman–Crippen MR) is 78.0 cm³/mol. The van der Waals surface area contributed by atoms with E-state index in [1.165, 1.54) is 12.1 Å². The third kappa shape index (κ3) is 3.42. The number of aldehydes is 1. The number of benzene rings is 2. The van der Waals surface area contributed by atoms with Crippen LogP contribution in [0.3, 0.4) is 0 Å². The van der Waals surface area contributed by atoms with Crippen molar-refractivity contribution in [1.82, 2.24) is 0 Å². The maximum atomic E-state index is 13.0. The van der Waals surface area contributed by atoms with Crippen LogP contribution in [0, 0.1) is 5.82 Å². The number of carbonyl (C=O) groups is 1. The molecule has 98 valence electrons. The predicted octanol–water partition coefficient (Wildman–Crippen LogP) is 4.74. The van der Waals surface area contributed by atoms with E-state index in [-0.39, 0.29) is 12.4 Å². The average Bonchev–Trinajstić information content (AvgIpc) is 2.39. The molecule has 2 nitrogen and oxygen atoms in total. The summed E-state index contributed by atoms with van der Waals surface area (Å²) in [6.45, 7) is 0.240. The van der Waals surface area contributed by atoms with Crippen LogP contribution in [0.2, 0.25) is 0 Å². The SMILES string of the molecule is O=Cc1cccc(Br)c1OCc1ccc(F)cc1Br. The maximum Gasteiger partial charge on any atom is 0.153 e. The van der Waals surface area contributed by atoms with Gasteiger partial charge in [0.2, 0.25) is 0 Å². The molecule has 0 N–H and O–H groups in total. The average molecular weight is 388 g/mol. The summed E-state index contributed by atoms with van der Waals surface area (Å²) in [7, 11) is 0. The lowest BCUT2D eigenvalue weighted by atomic mass is 10.2. The van der Waals surface area contributed by atoms with Crippen LogP contribution < -0.4 is 4.74 Å². The number of para-hydroxylation sites is 1. The largest absolute Gasteiger partial charge is 0.487 e. The molecule has 0 bridgehead atoms.